The van der Waals surface area contributed by atoms with E-state index in [0.717, 1.165) is 36.9 Å². The monoisotopic (exact) mass is 425 g/mol. The van der Waals surface area contributed by atoms with Crippen molar-refractivity contribution in [2.45, 2.75) is 51.0 Å². The number of ether oxygens (including phenoxy) is 3. The van der Waals surface area contributed by atoms with Crippen LogP contribution in [0.2, 0.25) is 0 Å². The molecule has 1 fully saturated rings. The summed E-state index contributed by atoms with van der Waals surface area (Å²) in [6.45, 7) is 2.72. The molecule has 0 bridgehead atoms. The number of dihydropyridines is 1. The van der Waals surface area contributed by atoms with Crippen molar-refractivity contribution in [1.29, 1.82) is 0 Å². The molecule has 0 saturated carbocycles. The normalized spacial score (nSPS) is 23.4. The Morgan fingerprint density at radius 2 is 1.90 bits per heavy atom. The van der Waals surface area contributed by atoms with Crippen LogP contribution in [0.15, 0.2) is 46.8 Å². The summed E-state index contributed by atoms with van der Waals surface area (Å²) in [6.07, 6.45) is 3.75. The van der Waals surface area contributed by atoms with Gasteiger partial charge in [-0.15, -0.1) is 0 Å². The Morgan fingerprint density at radius 3 is 2.58 bits per heavy atom. The van der Waals surface area contributed by atoms with Crippen molar-refractivity contribution in [3.8, 4) is 0 Å². The van der Waals surface area contributed by atoms with Crippen LogP contribution < -0.4 is 5.32 Å². The largest absolute Gasteiger partial charge is 0.465 e. The fourth-order valence-corrected chi connectivity index (χ4v) is 4.54. The lowest BCUT2D eigenvalue weighted by Gasteiger charge is -2.34. The standard InChI is InChI=1S/C24H27NO6/c1-14-20(24(28)31-13-17-5-4-12-30-17)21(22-18(25-14)6-3-7-19(22)26)15-8-10-16(11-9-15)23(27)29-2/h8-11,17,21,25H,3-7,12-13H2,1-2H3/t17-,21+/m0/s1. The van der Waals surface area contributed by atoms with E-state index in [0.29, 0.717) is 35.4 Å². The molecule has 31 heavy (non-hydrogen) atoms. The lowest BCUT2D eigenvalue weighted by molar-refractivity contribution is -0.142. The van der Waals surface area contributed by atoms with Gasteiger partial charge >= 0.3 is 11.9 Å². The summed E-state index contributed by atoms with van der Waals surface area (Å²) in [5.41, 5.74) is 3.77. The van der Waals surface area contributed by atoms with Gasteiger partial charge in [0.2, 0.25) is 0 Å². The molecule has 164 valence electrons. The van der Waals surface area contributed by atoms with E-state index in [-0.39, 0.29) is 18.5 Å². The maximum absolute atomic E-state index is 13.2. The van der Waals surface area contributed by atoms with Crippen LogP contribution in [0, 0.1) is 0 Å². The smallest absolute Gasteiger partial charge is 0.337 e. The Morgan fingerprint density at radius 1 is 1.13 bits per heavy atom. The summed E-state index contributed by atoms with van der Waals surface area (Å²) in [5, 5.41) is 3.28. The second kappa shape index (κ2) is 9.06. The summed E-state index contributed by atoms with van der Waals surface area (Å²) in [7, 11) is 1.33. The quantitative estimate of drug-likeness (QED) is 0.725. The number of allylic oxidation sites excluding steroid dienone is 3. The van der Waals surface area contributed by atoms with Gasteiger partial charge in [0, 0.05) is 35.9 Å². The average molecular weight is 425 g/mol. The molecule has 2 atom stereocenters. The van der Waals surface area contributed by atoms with E-state index >= 15 is 0 Å². The summed E-state index contributed by atoms with van der Waals surface area (Å²) < 4.78 is 15.9. The molecule has 4 rings (SSSR count). The number of nitrogens with one attached hydrogen (secondary N) is 1. The highest BCUT2D eigenvalue weighted by Gasteiger charge is 2.39. The molecule has 0 spiro atoms. The molecule has 1 saturated heterocycles. The minimum atomic E-state index is -0.534. The third-order valence-electron chi connectivity index (χ3n) is 6.09. The molecule has 3 aliphatic rings. The van der Waals surface area contributed by atoms with Crippen LogP contribution in [0.5, 0.6) is 0 Å². The SMILES string of the molecule is COC(=O)c1ccc([C@@H]2C(C(=O)OC[C@@H]3CCCO3)=C(C)NC3=C2C(=O)CCC3)cc1. The fraction of sp³-hybridized carbons (Fsp3) is 0.458. The van der Waals surface area contributed by atoms with Gasteiger partial charge in [-0.05, 0) is 50.3 Å². The zero-order valence-electron chi connectivity index (χ0n) is 17.9. The highest BCUT2D eigenvalue weighted by atomic mass is 16.6. The first-order chi connectivity index (χ1) is 15.0. The molecule has 1 aliphatic carbocycles. The van der Waals surface area contributed by atoms with Gasteiger partial charge in [-0.25, -0.2) is 9.59 Å². The molecule has 0 radical (unpaired) electrons. The third kappa shape index (κ3) is 4.28. The third-order valence-corrected chi connectivity index (χ3v) is 6.09. The van der Waals surface area contributed by atoms with Crippen molar-refractivity contribution < 1.29 is 28.6 Å². The number of hydrogen-bond acceptors (Lipinski definition) is 7. The van der Waals surface area contributed by atoms with E-state index in [2.05, 4.69) is 5.32 Å². The molecule has 2 heterocycles. The Hall–Kier alpha value is -2.93. The Labute approximate surface area is 181 Å². The van der Waals surface area contributed by atoms with Crippen molar-refractivity contribution in [1.82, 2.24) is 5.32 Å². The first kappa shape index (κ1) is 21.3. The molecule has 1 N–H and O–H groups in total. The van der Waals surface area contributed by atoms with E-state index in [1.54, 1.807) is 24.3 Å². The topological polar surface area (TPSA) is 90.9 Å². The number of rotatable bonds is 5. The zero-order chi connectivity index (χ0) is 22.0. The van der Waals surface area contributed by atoms with Crippen LogP contribution in [0.4, 0.5) is 0 Å². The van der Waals surface area contributed by atoms with Crippen molar-refractivity contribution in [2.75, 3.05) is 20.3 Å². The zero-order valence-corrected chi connectivity index (χ0v) is 17.9. The molecule has 0 amide bonds. The second-order valence-electron chi connectivity index (χ2n) is 8.11. The average Bonchev–Trinajstić information content (AvgIpc) is 3.30. The van der Waals surface area contributed by atoms with E-state index in [4.69, 9.17) is 14.2 Å². The molecule has 0 aromatic heterocycles. The molecule has 7 nitrogen and oxygen atoms in total. The number of methoxy groups -OCH3 is 1. The maximum atomic E-state index is 13.2. The van der Waals surface area contributed by atoms with Crippen LogP contribution in [0.3, 0.4) is 0 Å². The van der Waals surface area contributed by atoms with Crippen molar-refractivity contribution in [2.24, 2.45) is 0 Å². The van der Waals surface area contributed by atoms with Crippen LogP contribution in [-0.2, 0) is 23.8 Å². The summed E-state index contributed by atoms with van der Waals surface area (Å²) in [6, 6.07) is 6.85. The number of benzene rings is 1. The van der Waals surface area contributed by atoms with Gasteiger partial charge in [0.1, 0.15) is 6.61 Å². The van der Waals surface area contributed by atoms with E-state index in [1.165, 1.54) is 7.11 Å². The second-order valence-corrected chi connectivity index (χ2v) is 8.11. The maximum Gasteiger partial charge on any atom is 0.337 e. The van der Waals surface area contributed by atoms with Gasteiger partial charge in [0.05, 0.1) is 24.4 Å². The first-order valence-electron chi connectivity index (χ1n) is 10.7. The summed E-state index contributed by atoms with van der Waals surface area (Å²) >= 11 is 0. The summed E-state index contributed by atoms with van der Waals surface area (Å²) in [5.74, 6) is -1.39. The lowest BCUT2D eigenvalue weighted by Crippen LogP contribution is -2.35. The molecular weight excluding hydrogens is 398 g/mol. The van der Waals surface area contributed by atoms with Gasteiger partial charge in [-0.3, -0.25) is 4.79 Å². The van der Waals surface area contributed by atoms with E-state index < -0.39 is 17.9 Å². The van der Waals surface area contributed by atoms with Crippen LogP contribution in [0.1, 0.15) is 60.9 Å². The number of hydrogen-bond donors (Lipinski definition) is 1. The number of ketones is 1. The molecular formula is C24H27NO6. The minimum absolute atomic E-state index is 0.0349. The van der Waals surface area contributed by atoms with Crippen molar-refractivity contribution in [3.05, 3.63) is 57.9 Å². The number of Topliss-reactive ketones (excluding diaryl/α,β-unsaturated/α-hetero) is 1. The van der Waals surface area contributed by atoms with E-state index in [1.807, 2.05) is 6.92 Å². The highest BCUT2D eigenvalue weighted by Crippen LogP contribution is 2.42. The highest BCUT2D eigenvalue weighted by molar-refractivity contribution is 6.03. The Bertz CT molecular complexity index is 953. The molecule has 1 aromatic rings. The molecule has 2 aliphatic heterocycles. The Kier molecular flexibility index (Phi) is 6.23. The van der Waals surface area contributed by atoms with Gasteiger partial charge in [0.15, 0.2) is 5.78 Å². The molecule has 7 heteroatoms. The summed E-state index contributed by atoms with van der Waals surface area (Å²) in [4.78, 5) is 37.9. The van der Waals surface area contributed by atoms with Crippen molar-refractivity contribution >= 4 is 17.7 Å². The van der Waals surface area contributed by atoms with Crippen LogP contribution in [-0.4, -0.2) is 44.1 Å². The van der Waals surface area contributed by atoms with E-state index in [9.17, 15) is 14.4 Å². The van der Waals surface area contributed by atoms with Gasteiger partial charge in [-0.1, -0.05) is 12.1 Å². The first-order valence-corrected chi connectivity index (χ1v) is 10.7. The fourth-order valence-electron chi connectivity index (χ4n) is 4.54. The molecule has 0 unspecified atom stereocenters. The number of esters is 2. The van der Waals surface area contributed by atoms with Gasteiger partial charge in [0.25, 0.3) is 0 Å². The molecule has 1 aromatic carbocycles. The van der Waals surface area contributed by atoms with Crippen LogP contribution in [0.25, 0.3) is 0 Å². The van der Waals surface area contributed by atoms with Gasteiger partial charge in [-0.2, -0.15) is 0 Å². The predicted octanol–water partition coefficient (Wildman–Crippen LogP) is 3.16. The number of carbonyl (C=O) groups excluding carboxylic acids is 3. The van der Waals surface area contributed by atoms with Gasteiger partial charge < -0.3 is 19.5 Å². The Balaban J connectivity index is 1.68. The van der Waals surface area contributed by atoms with Crippen molar-refractivity contribution in [3.63, 3.8) is 0 Å². The number of carbonyl (C=O) groups is 3. The predicted molar refractivity (Wildman–Crippen MR) is 112 cm³/mol. The minimum Gasteiger partial charge on any atom is -0.465 e. The lowest BCUT2D eigenvalue weighted by atomic mass is 9.75. The van der Waals surface area contributed by atoms with Crippen LogP contribution >= 0.6 is 0 Å².